The summed E-state index contributed by atoms with van der Waals surface area (Å²) in [6.07, 6.45) is 11.2. The summed E-state index contributed by atoms with van der Waals surface area (Å²) in [5.74, 6) is 0.153. The van der Waals surface area contributed by atoms with Crippen LogP contribution in [0.4, 0.5) is 0 Å². The highest BCUT2D eigenvalue weighted by Gasteiger charge is 2.52. The molecule has 1 aliphatic carbocycles. The zero-order valence-electron chi connectivity index (χ0n) is 20.4. The van der Waals surface area contributed by atoms with Gasteiger partial charge in [-0.15, -0.1) is 0 Å². The van der Waals surface area contributed by atoms with E-state index in [4.69, 9.17) is 9.72 Å². The Morgan fingerprint density at radius 3 is 2.37 bits per heavy atom. The van der Waals surface area contributed by atoms with Gasteiger partial charge in [-0.1, -0.05) is 38.1 Å². The number of methoxy groups -OCH3 is 1. The predicted molar refractivity (Wildman–Crippen MR) is 132 cm³/mol. The molecule has 35 heavy (non-hydrogen) atoms. The van der Waals surface area contributed by atoms with Gasteiger partial charge in [-0.3, -0.25) is 29.4 Å². The lowest BCUT2D eigenvalue weighted by molar-refractivity contribution is -0.143. The number of carbonyl (C=O) groups is 1. The summed E-state index contributed by atoms with van der Waals surface area (Å²) in [5.41, 5.74) is 6.78. The van der Waals surface area contributed by atoms with Crippen LogP contribution in [-0.4, -0.2) is 42.8 Å². The van der Waals surface area contributed by atoms with Crippen molar-refractivity contribution in [3.05, 3.63) is 77.9 Å². The third-order valence-electron chi connectivity index (χ3n) is 6.69. The molecule has 0 radical (unpaired) electrons. The number of carbonyl (C=O) groups excluding carboxylic acids is 1. The van der Waals surface area contributed by atoms with Crippen molar-refractivity contribution in [2.75, 3.05) is 7.11 Å². The summed E-state index contributed by atoms with van der Waals surface area (Å²) < 4.78 is 6.84. The number of rotatable bonds is 7. The van der Waals surface area contributed by atoms with Crippen LogP contribution in [0, 0.1) is 0 Å². The summed E-state index contributed by atoms with van der Waals surface area (Å²) in [6.45, 7) is 4.22. The Kier molecular flexibility index (Phi) is 5.88. The SMILES string of the molecule is COC(=O)C1(c2ccc(-c3cnc(-c4cnn(C)c4Cc4cncc(C(C)C)n4)cn3)cc2)CC1. The molecule has 8 nitrogen and oxygen atoms in total. The van der Waals surface area contributed by atoms with Crippen molar-refractivity contribution in [1.82, 2.24) is 29.7 Å². The van der Waals surface area contributed by atoms with E-state index in [0.717, 1.165) is 58.0 Å². The topological polar surface area (TPSA) is 95.7 Å². The maximum absolute atomic E-state index is 12.2. The fourth-order valence-electron chi connectivity index (χ4n) is 4.35. The first-order valence-electron chi connectivity index (χ1n) is 11.7. The summed E-state index contributed by atoms with van der Waals surface area (Å²) in [7, 11) is 3.36. The normalized spacial score (nSPS) is 14.2. The minimum absolute atomic E-state index is 0.163. The fraction of sp³-hybridized carbons (Fsp3) is 0.333. The molecule has 178 valence electrons. The number of aryl methyl sites for hydroxylation is 1. The van der Waals surface area contributed by atoms with Crippen LogP contribution in [0.25, 0.3) is 22.5 Å². The van der Waals surface area contributed by atoms with Crippen LogP contribution in [0.2, 0.25) is 0 Å². The van der Waals surface area contributed by atoms with Gasteiger partial charge in [0.25, 0.3) is 0 Å². The molecule has 5 rings (SSSR count). The van der Waals surface area contributed by atoms with Gasteiger partial charge in [-0.25, -0.2) is 0 Å². The molecule has 8 heteroatoms. The monoisotopic (exact) mass is 468 g/mol. The summed E-state index contributed by atoms with van der Waals surface area (Å²) in [6, 6.07) is 7.94. The molecule has 0 spiro atoms. The molecule has 1 aliphatic rings. The number of benzene rings is 1. The highest BCUT2D eigenvalue weighted by atomic mass is 16.5. The molecule has 0 saturated heterocycles. The molecule has 1 aromatic carbocycles. The number of ether oxygens (including phenoxy) is 1. The van der Waals surface area contributed by atoms with Crippen LogP contribution in [0.1, 0.15) is 55.3 Å². The zero-order chi connectivity index (χ0) is 24.6. The smallest absolute Gasteiger partial charge is 0.316 e. The average molecular weight is 469 g/mol. The second-order valence-electron chi connectivity index (χ2n) is 9.33. The molecule has 1 saturated carbocycles. The maximum Gasteiger partial charge on any atom is 0.316 e. The molecule has 0 N–H and O–H groups in total. The van der Waals surface area contributed by atoms with Crippen molar-refractivity contribution in [2.45, 2.75) is 44.4 Å². The highest BCUT2D eigenvalue weighted by Crippen LogP contribution is 2.49. The lowest BCUT2D eigenvalue weighted by Crippen LogP contribution is -2.21. The quantitative estimate of drug-likeness (QED) is 0.374. The van der Waals surface area contributed by atoms with Crippen LogP contribution in [0.15, 0.2) is 55.2 Å². The summed E-state index contributed by atoms with van der Waals surface area (Å²) in [4.78, 5) is 30.6. The molecule has 0 atom stereocenters. The van der Waals surface area contributed by atoms with Crippen molar-refractivity contribution in [2.24, 2.45) is 7.05 Å². The summed E-state index contributed by atoms with van der Waals surface area (Å²) >= 11 is 0. The van der Waals surface area contributed by atoms with Gasteiger partial charge in [0.2, 0.25) is 0 Å². The Morgan fingerprint density at radius 2 is 1.74 bits per heavy atom. The van der Waals surface area contributed by atoms with E-state index in [-0.39, 0.29) is 5.97 Å². The van der Waals surface area contributed by atoms with E-state index in [1.54, 1.807) is 18.6 Å². The van der Waals surface area contributed by atoms with Gasteiger partial charge < -0.3 is 4.74 Å². The van der Waals surface area contributed by atoms with E-state index < -0.39 is 5.41 Å². The van der Waals surface area contributed by atoms with E-state index >= 15 is 0 Å². The Morgan fingerprint density at radius 1 is 1.03 bits per heavy atom. The lowest BCUT2D eigenvalue weighted by Gasteiger charge is -2.13. The van der Waals surface area contributed by atoms with E-state index in [1.165, 1.54) is 7.11 Å². The predicted octanol–water partition coefficient (Wildman–Crippen LogP) is 4.25. The third kappa shape index (κ3) is 4.32. The van der Waals surface area contributed by atoms with Gasteiger partial charge in [0.15, 0.2) is 0 Å². The average Bonchev–Trinajstić information content (AvgIpc) is 3.63. The first kappa shape index (κ1) is 22.8. The molecule has 0 unspecified atom stereocenters. The molecule has 3 aromatic heterocycles. The number of hydrogen-bond acceptors (Lipinski definition) is 7. The number of hydrogen-bond donors (Lipinski definition) is 0. The van der Waals surface area contributed by atoms with Gasteiger partial charge in [0.1, 0.15) is 0 Å². The van der Waals surface area contributed by atoms with Crippen LogP contribution >= 0.6 is 0 Å². The number of aromatic nitrogens is 6. The fourth-order valence-corrected chi connectivity index (χ4v) is 4.35. The summed E-state index contributed by atoms with van der Waals surface area (Å²) in [5, 5.41) is 4.45. The van der Waals surface area contributed by atoms with Crippen molar-refractivity contribution in [3.8, 4) is 22.5 Å². The minimum Gasteiger partial charge on any atom is -0.468 e. The zero-order valence-corrected chi connectivity index (χ0v) is 20.4. The minimum atomic E-state index is -0.474. The Bertz CT molecular complexity index is 1360. The van der Waals surface area contributed by atoms with Crippen molar-refractivity contribution >= 4 is 5.97 Å². The third-order valence-corrected chi connectivity index (χ3v) is 6.69. The first-order valence-corrected chi connectivity index (χ1v) is 11.7. The van der Waals surface area contributed by atoms with Crippen LogP contribution in [0.3, 0.4) is 0 Å². The van der Waals surface area contributed by atoms with E-state index in [9.17, 15) is 4.79 Å². The second kappa shape index (κ2) is 9.02. The lowest BCUT2D eigenvalue weighted by atomic mass is 9.95. The molecule has 0 bridgehead atoms. The molecule has 1 fully saturated rings. The van der Waals surface area contributed by atoms with E-state index in [2.05, 4.69) is 33.9 Å². The van der Waals surface area contributed by atoms with Gasteiger partial charge >= 0.3 is 5.97 Å². The van der Waals surface area contributed by atoms with E-state index in [1.807, 2.05) is 48.4 Å². The Balaban J connectivity index is 1.37. The number of nitrogens with zero attached hydrogens (tertiary/aromatic N) is 6. The molecular formula is C27H28N6O2. The van der Waals surface area contributed by atoms with Gasteiger partial charge in [0.05, 0.1) is 59.6 Å². The molecule has 0 amide bonds. The maximum atomic E-state index is 12.2. The van der Waals surface area contributed by atoms with E-state index in [0.29, 0.717) is 12.3 Å². The molecule has 0 aliphatic heterocycles. The van der Waals surface area contributed by atoms with Gasteiger partial charge in [-0.05, 0) is 24.3 Å². The van der Waals surface area contributed by atoms with Crippen LogP contribution in [-0.2, 0) is 28.4 Å². The Hall–Kier alpha value is -3.94. The van der Waals surface area contributed by atoms with Crippen molar-refractivity contribution in [1.29, 1.82) is 0 Å². The molecule has 4 aromatic rings. The Labute approximate surface area is 204 Å². The highest BCUT2D eigenvalue weighted by molar-refractivity contribution is 5.86. The second-order valence-corrected chi connectivity index (χ2v) is 9.33. The molecule has 3 heterocycles. The van der Waals surface area contributed by atoms with Gasteiger partial charge in [-0.2, -0.15) is 5.10 Å². The number of esters is 1. The largest absolute Gasteiger partial charge is 0.468 e. The standard InChI is InChI=1S/C27H28N6O2/c1-17(2)22-14-28-12-20(32-22)11-25-21(13-31-33(25)3)24-16-29-23(15-30-24)18-5-7-19(8-6-18)27(9-10-27)26(34)35-4/h5-8,12-17H,9-11H2,1-4H3. The van der Waals surface area contributed by atoms with Crippen LogP contribution < -0.4 is 0 Å². The van der Waals surface area contributed by atoms with Crippen LogP contribution in [0.5, 0.6) is 0 Å². The van der Waals surface area contributed by atoms with Crippen molar-refractivity contribution < 1.29 is 9.53 Å². The van der Waals surface area contributed by atoms with Crippen molar-refractivity contribution in [3.63, 3.8) is 0 Å². The van der Waals surface area contributed by atoms with Gasteiger partial charge in [0, 0.05) is 37.0 Å². The molecular weight excluding hydrogens is 440 g/mol. The first-order chi connectivity index (χ1) is 16.9.